The van der Waals surface area contributed by atoms with Crippen molar-refractivity contribution in [1.29, 1.82) is 0 Å². The highest BCUT2D eigenvalue weighted by Crippen LogP contribution is 2.10. The third-order valence-corrected chi connectivity index (χ3v) is 3.87. The number of aliphatic imine (C=N–C) groups is 1. The number of dihydropyridines is 1. The number of aromatic nitrogens is 1. The van der Waals surface area contributed by atoms with Crippen LogP contribution >= 0.6 is 0 Å². The molecule has 0 saturated carbocycles. The van der Waals surface area contributed by atoms with E-state index in [-0.39, 0.29) is 11.6 Å². The molecule has 0 fully saturated rings. The van der Waals surface area contributed by atoms with Gasteiger partial charge < -0.3 is 0 Å². The topological polar surface area (TPSA) is 59.4 Å². The summed E-state index contributed by atoms with van der Waals surface area (Å²) in [6.45, 7) is 0.802. The van der Waals surface area contributed by atoms with Crippen molar-refractivity contribution in [3.63, 3.8) is 0 Å². The smallest absolute Gasteiger partial charge is 0.185 e. The highest BCUT2D eigenvalue weighted by atomic mass is 16.1. The number of allylic oxidation sites excluding steroid dienone is 4. The molecule has 26 heavy (non-hydrogen) atoms. The maximum atomic E-state index is 12.2. The lowest BCUT2D eigenvalue weighted by atomic mass is 10.0. The SMILES string of the molecule is O=C(/C=C/C1=CCCN=C1)c1ccc(C(=O)/C=C/c2cccnc2)cc1. The van der Waals surface area contributed by atoms with Crippen LogP contribution in [0.25, 0.3) is 6.08 Å². The van der Waals surface area contributed by atoms with Gasteiger partial charge in [0.1, 0.15) is 0 Å². The molecule has 0 N–H and O–H groups in total. The van der Waals surface area contributed by atoms with E-state index in [0.29, 0.717) is 11.1 Å². The molecule has 2 heterocycles. The molecule has 0 amide bonds. The Kier molecular flexibility index (Phi) is 5.78. The Labute approximate surface area is 152 Å². The summed E-state index contributed by atoms with van der Waals surface area (Å²) in [5, 5.41) is 0. The molecular weight excluding hydrogens is 324 g/mol. The first-order valence-corrected chi connectivity index (χ1v) is 8.37. The second kappa shape index (κ2) is 8.62. The molecule has 0 radical (unpaired) electrons. The van der Waals surface area contributed by atoms with Gasteiger partial charge >= 0.3 is 0 Å². The van der Waals surface area contributed by atoms with E-state index < -0.39 is 0 Å². The van der Waals surface area contributed by atoms with Crippen LogP contribution in [0, 0.1) is 0 Å². The van der Waals surface area contributed by atoms with Gasteiger partial charge in [-0.15, -0.1) is 0 Å². The standard InChI is InChI=1S/C22H18N2O2/c25-21(11-5-17-3-1-13-23-15-17)19-7-9-20(10-8-19)22(26)12-6-18-4-2-14-24-16-18/h1,3-13,15-16H,2,14H2/b11-5+,12-6+. The molecule has 4 nitrogen and oxygen atoms in total. The van der Waals surface area contributed by atoms with E-state index in [1.165, 1.54) is 12.2 Å². The second-order valence-corrected chi connectivity index (χ2v) is 5.79. The van der Waals surface area contributed by atoms with Crippen LogP contribution in [0.5, 0.6) is 0 Å². The minimum absolute atomic E-state index is 0.102. The number of carbonyl (C=O) groups excluding carboxylic acids is 2. The molecule has 0 spiro atoms. The minimum Gasteiger partial charge on any atom is -0.292 e. The Hall–Kier alpha value is -3.40. The number of ketones is 2. The predicted octanol–water partition coefficient (Wildman–Crippen LogP) is 4.12. The minimum atomic E-state index is -0.119. The number of benzene rings is 1. The number of rotatable bonds is 6. The maximum Gasteiger partial charge on any atom is 0.185 e. The summed E-state index contributed by atoms with van der Waals surface area (Å²) in [5.74, 6) is -0.221. The normalized spacial score (nSPS) is 13.9. The van der Waals surface area contributed by atoms with Crippen molar-refractivity contribution in [3.8, 4) is 0 Å². The highest BCUT2D eigenvalue weighted by molar-refractivity contribution is 6.09. The monoisotopic (exact) mass is 342 g/mol. The molecule has 1 aromatic carbocycles. The Bertz CT molecular complexity index is 905. The van der Waals surface area contributed by atoms with E-state index in [1.807, 2.05) is 18.2 Å². The maximum absolute atomic E-state index is 12.2. The molecule has 128 valence electrons. The molecule has 3 rings (SSSR count). The summed E-state index contributed by atoms with van der Waals surface area (Å²) in [6.07, 6.45) is 14.6. The van der Waals surface area contributed by atoms with Crippen molar-refractivity contribution < 1.29 is 9.59 Å². The van der Waals surface area contributed by atoms with Gasteiger partial charge in [0.2, 0.25) is 0 Å². The first-order chi connectivity index (χ1) is 12.7. The molecule has 0 aliphatic carbocycles. The fourth-order valence-electron chi connectivity index (χ4n) is 2.45. The van der Waals surface area contributed by atoms with Crippen LogP contribution in [0.2, 0.25) is 0 Å². The molecule has 0 bridgehead atoms. The number of pyridine rings is 1. The van der Waals surface area contributed by atoms with Crippen LogP contribution in [0.15, 0.2) is 83.7 Å². The van der Waals surface area contributed by atoms with Crippen LogP contribution in [0.1, 0.15) is 32.7 Å². The van der Waals surface area contributed by atoms with Crippen molar-refractivity contribution in [2.75, 3.05) is 6.54 Å². The average Bonchev–Trinajstić information content (AvgIpc) is 2.72. The van der Waals surface area contributed by atoms with E-state index in [9.17, 15) is 9.59 Å². The molecule has 4 heteroatoms. The Balaban J connectivity index is 1.64. The van der Waals surface area contributed by atoms with E-state index in [0.717, 1.165) is 24.1 Å². The van der Waals surface area contributed by atoms with E-state index in [1.54, 1.807) is 55.0 Å². The van der Waals surface area contributed by atoms with Gasteiger partial charge in [-0.2, -0.15) is 0 Å². The van der Waals surface area contributed by atoms with Crippen molar-refractivity contribution in [2.45, 2.75) is 6.42 Å². The first-order valence-electron chi connectivity index (χ1n) is 8.37. The van der Waals surface area contributed by atoms with E-state index >= 15 is 0 Å². The Morgan fingerprint density at radius 3 is 2.19 bits per heavy atom. The van der Waals surface area contributed by atoms with Gasteiger partial charge in [-0.05, 0) is 47.9 Å². The largest absolute Gasteiger partial charge is 0.292 e. The van der Waals surface area contributed by atoms with E-state index in [2.05, 4.69) is 9.98 Å². The lowest BCUT2D eigenvalue weighted by molar-refractivity contribution is 0.103. The fraction of sp³-hybridized carbons (Fsp3) is 0.0909. The first kappa shape index (κ1) is 17.4. The molecule has 1 aliphatic heterocycles. The van der Waals surface area contributed by atoms with Gasteiger partial charge in [0.15, 0.2) is 11.6 Å². The van der Waals surface area contributed by atoms with Gasteiger partial charge in [0.05, 0.1) is 0 Å². The van der Waals surface area contributed by atoms with Crippen LogP contribution in [-0.4, -0.2) is 29.3 Å². The molecule has 0 unspecified atom stereocenters. The quantitative estimate of drug-likeness (QED) is 0.586. The molecule has 2 aromatic rings. The molecule has 0 atom stereocenters. The third-order valence-electron chi connectivity index (χ3n) is 3.87. The lowest BCUT2D eigenvalue weighted by Gasteiger charge is -2.01. The summed E-state index contributed by atoms with van der Waals surface area (Å²) >= 11 is 0. The lowest BCUT2D eigenvalue weighted by Crippen LogP contribution is -1.99. The second-order valence-electron chi connectivity index (χ2n) is 5.79. The van der Waals surface area contributed by atoms with Crippen molar-refractivity contribution >= 4 is 23.9 Å². The molecule has 1 aromatic heterocycles. The number of hydrogen-bond donors (Lipinski definition) is 0. The highest BCUT2D eigenvalue weighted by Gasteiger charge is 2.06. The summed E-state index contributed by atoms with van der Waals surface area (Å²) in [5.41, 5.74) is 2.88. The average molecular weight is 342 g/mol. The number of carbonyl (C=O) groups is 2. The molecule has 0 saturated heterocycles. The van der Waals surface area contributed by atoms with Gasteiger partial charge in [0.25, 0.3) is 0 Å². The zero-order valence-corrected chi connectivity index (χ0v) is 14.2. The van der Waals surface area contributed by atoms with Crippen LogP contribution < -0.4 is 0 Å². The summed E-state index contributed by atoms with van der Waals surface area (Å²) in [6, 6.07) is 10.4. The molecular formula is C22H18N2O2. The third kappa shape index (κ3) is 4.80. The van der Waals surface area contributed by atoms with Crippen molar-refractivity contribution in [1.82, 2.24) is 4.98 Å². The van der Waals surface area contributed by atoms with Crippen LogP contribution in [0.3, 0.4) is 0 Å². The van der Waals surface area contributed by atoms with Crippen molar-refractivity contribution in [3.05, 3.63) is 95.4 Å². The zero-order chi connectivity index (χ0) is 18.2. The van der Waals surface area contributed by atoms with Crippen LogP contribution in [-0.2, 0) is 0 Å². The summed E-state index contributed by atoms with van der Waals surface area (Å²) < 4.78 is 0. The Morgan fingerprint density at radius 1 is 0.923 bits per heavy atom. The predicted molar refractivity (Wildman–Crippen MR) is 104 cm³/mol. The number of hydrogen-bond acceptors (Lipinski definition) is 4. The van der Waals surface area contributed by atoms with Gasteiger partial charge in [-0.3, -0.25) is 19.6 Å². The molecule has 1 aliphatic rings. The van der Waals surface area contributed by atoms with E-state index in [4.69, 9.17) is 0 Å². The summed E-state index contributed by atoms with van der Waals surface area (Å²) in [4.78, 5) is 32.6. The van der Waals surface area contributed by atoms with Gasteiger partial charge in [-0.25, -0.2) is 0 Å². The fourth-order valence-corrected chi connectivity index (χ4v) is 2.45. The van der Waals surface area contributed by atoms with Crippen molar-refractivity contribution in [2.24, 2.45) is 4.99 Å². The van der Waals surface area contributed by atoms with Gasteiger partial charge in [-0.1, -0.05) is 36.4 Å². The number of nitrogens with zero attached hydrogens (tertiary/aromatic N) is 2. The van der Waals surface area contributed by atoms with Crippen LogP contribution in [0.4, 0.5) is 0 Å². The van der Waals surface area contributed by atoms with Gasteiger partial charge in [0, 0.05) is 36.3 Å². The Morgan fingerprint density at radius 2 is 1.62 bits per heavy atom. The summed E-state index contributed by atoms with van der Waals surface area (Å²) in [7, 11) is 0. The zero-order valence-electron chi connectivity index (χ0n) is 14.2.